The molecule has 0 saturated carbocycles. The van der Waals surface area contributed by atoms with Crippen LogP contribution in [0, 0.1) is 19.6 Å². The Bertz CT molecular complexity index is 436. The molecule has 0 aliphatic heterocycles. The highest BCUT2D eigenvalue weighted by Gasteiger charge is 2.08. The molecule has 0 heterocycles. The molecule has 1 rings (SSSR count). The third kappa shape index (κ3) is 6.54. The zero-order valence-corrected chi connectivity index (χ0v) is 14.4. The van der Waals surface area contributed by atoms with E-state index >= 15 is 0 Å². The largest absolute Gasteiger partial charge is 0.384 e. The lowest BCUT2D eigenvalue weighted by Crippen LogP contribution is -2.03. The number of non-ortho nitro benzene ring substituents is 1. The Morgan fingerprint density at radius 3 is 2.55 bits per heavy atom. The van der Waals surface area contributed by atoms with Gasteiger partial charge in [-0.25, -0.2) is 0 Å². The van der Waals surface area contributed by atoms with Gasteiger partial charge in [-0.05, 0) is 41.0 Å². The van der Waals surface area contributed by atoms with E-state index in [-0.39, 0.29) is 10.6 Å². The summed E-state index contributed by atoms with van der Waals surface area (Å²) in [5.41, 5.74) is 1.13. The molecule has 0 aliphatic rings. The highest BCUT2D eigenvalue weighted by atomic mass is 127. The molecule has 0 spiro atoms. The fraction of sp³-hybridized carbons (Fsp3) is 0.600. The number of benzene rings is 1. The average Bonchev–Trinajstić information content (AvgIpc) is 2.38. The molecular weight excluding hydrogens is 367 g/mol. The van der Waals surface area contributed by atoms with Gasteiger partial charge < -0.3 is 5.32 Å². The molecule has 0 saturated heterocycles. The molecule has 0 aromatic heterocycles. The van der Waals surface area contributed by atoms with Gasteiger partial charge in [0.25, 0.3) is 5.69 Å². The first kappa shape index (κ1) is 17.2. The number of anilines is 1. The van der Waals surface area contributed by atoms with Crippen molar-refractivity contribution in [2.24, 2.45) is 5.92 Å². The number of hydrogen-bond acceptors (Lipinski definition) is 3. The number of nitro benzene ring substituents is 1. The van der Waals surface area contributed by atoms with Crippen molar-refractivity contribution < 1.29 is 4.92 Å². The van der Waals surface area contributed by atoms with E-state index < -0.39 is 0 Å². The minimum absolute atomic E-state index is 0.147. The van der Waals surface area contributed by atoms with Crippen LogP contribution in [0.5, 0.6) is 0 Å². The number of nitro groups is 1. The van der Waals surface area contributed by atoms with Crippen molar-refractivity contribution in [1.29, 1.82) is 0 Å². The minimum atomic E-state index is -0.360. The highest BCUT2D eigenvalue weighted by Crippen LogP contribution is 2.23. The van der Waals surface area contributed by atoms with Gasteiger partial charge in [0.2, 0.25) is 0 Å². The molecule has 4 nitrogen and oxygen atoms in total. The first-order valence-electron chi connectivity index (χ1n) is 7.18. The lowest BCUT2D eigenvalue weighted by Gasteiger charge is -2.08. The first-order chi connectivity index (χ1) is 9.50. The predicted molar refractivity (Wildman–Crippen MR) is 92.2 cm³/mol. The zero-order chi connectivity index (χ0) is 15.0. The Kier molecular flexibility index (Phi) is 7.87. The van der Waals surface area contributed by atoms with Crippen molar-refractivity contribution in [3.8, 4) is 0 Å². The van der Waals surface area contributed by atoms with Crippen LogP contribution in [0.15, 0.2) is 18.2 Å². The molecular formula is C15H23IN2O2. The molecule has 0 bridgehead atoms. The van der Waals surface area contributed by atoms with Gasteiger partial charge in [0.15, 0.2) is 0 Å². The van der Waals surface area contributed by atoms with E-state index in [1.807, 2.05) is 0 Å². The Morgan fingerprint density at radius 1 is 1.25 bits per heavy atom. The Balaban J connectivity index is 2.24. The van der Waals surface area contributed by atoms with Crippen LogP contribution in [0.1, 0.15) is 46.0 Å². The molecule has 0 unspecified atom stereocenters. The average molecular weight is 390 g/mol. The van der Waals surface area contributed by atoms with Crippen molar-refractivity contribution in [3.05, 3.63) is 31.9 Å². The maximum Gasteiger partial charge on any atom is 0.270 e. The summed E-state index contributed by atoms with van der Waals surface area (Å²) in [5, 5.41) is 14.0. The summed E-state index contributed by atoms with van der Waals surface area (Å²) in [7, 11) is 0. The fourth-order valence-electron chi connectivity index (χ4n) is 2.02. The van der Waals surface area contributed by atoms with Crippen LogP contribution < -0.4 is 5.32 Å². The van der Waals surface area contributed by atoms with Crippen molar-refractivity contribution in [2.45, 2.75) is 46.0 Å². The third-order valence-electron chi connectivity index (χ3n) is 3.19. The van der Waals surface area contributed by atoms with Gasteiger partial charge in [-0.2, -0.15) is 0 Å². The summed E-state index contributed by atoms with van der Waals surface area (Å²) in [5.74, 6) is 0.801. The SMILES string of the molecule is CC(C)CCCCCCNc1ccc([N+](=O)[O-])cc1I. The number of rotatable bonds is 9. The first-order valence-corrected chi connectivity index (χ1v) is 8.26. The van der Waals surface area contributed by atoms with Crippen LogP contribution in [0.4, 0.5) is 11.4 Å². The van der Waals surface area contributed by atoms with Crippen LogP contribution in [0.25, 0.3) is 0 Å². The molecule has 1 N–H and O–H groups in total. The Labute approximate surface area is 134 Å². The summed E-state index contributed by atoms with van der Waals surface area (Å²) in [6.07, 6.45) is 6.30. The van der Waals surface area contributed by atoms with Crippen molar-refractivity contribution in [1.82, 2.24) is 0 Å². The van der Waals surface area contributed by atoms with Gasteiger partial charge >= 0.3 is 0 Å². The fourth-order valence-corrected chi connectivity index (χ4v) is 2.70. The van der Waals surface area contributed by atoms with E-state index in [9.17, 15) is 10.1 Å². The second-order valence-corrected chi connectivity index (χ2v) is 6.61. The highest BCUT2D eigenvalue weighted by molar-refractivity contribution is 14.1. The van der Waals surface area contributed by atoms with Gasteiger partial charge in [0.1, 0.15) is 0 Å². The number of nitrogens with one attached hydrogen (secondary N) is 1. The summed E-state index contributed by atoms with van der Waals surface area (Å²) in [6, 6.07) is 4.94. The van der Waals surface area contributed by atoms with Crippen molar-refractivity contribution in [2.75, 3.05) is 11.9 Å². The molecule has 0 atom stereocenters. The van der Waals surface area contributed by atoms with E-state index in [2.05, 4.69) is 41.8 Å². The van der Waals surface area contributed by atoms with Crippen LogP contribution in [-0.2, 0) is 0 Å². The normalized spacial score (nSPS) is 10.8. The number of nitrogens with zero attached hydrogens (tertiary/aromatic N) is 1. The monoisotopic (exact) mass is 390 g/mol. The van der Waals surface area contributed by atoms with Crippen molar-refractivity contribution >= 4 is 34.0 Å². The quantitative estimate of drug-likeness (QED) is 0.272. The lowest BCUT2D eigenvalue weighted by atomic mass is 10.0. The molecule has 5 heteroatoms. The molecule has 0 fully saturated rings. The van der Waals surface area contributed by atoms with Crippen LogP contribution in [-0.4, -0.2) is 11.5 Å². The van der Waals surface area contributed by atoms with E-state index in [1.54, 1.807) is 18.2 Å². The molecule has 20 heavy (non-hydrogen) atoms. The Morgan fingerprint density at radius 2 is 1.95 bits per heavy atom. The number of hydrogen-bond donors (Lipinski definition) is 1. The van der Waals surface area contributed by atoms with E-state index in [1.165, 1.54) is 25.7 Å². The number of halogens is 1. The van der Waals surface area contributed by atoms with Crippen LogP contribution >= 0.6 is 22.6 Å². The molecule has 1 aromatic carbocycles. The van der Waals surface area contributed by atoms with Gasteiger partial charge in [0.05, 0.1) is 4.92 Å². The van der Waals surface area contributed by atoms with Crippen LogP contribution in [0.2, 0.25) is 0 Å². The van der Waals surface area contributed by atoms with Gasteiger partial charge in [0, 0.05) is 27.9 Å². The van der Waals surface area contributed by atoms with Gasteiger partial charge in [-0.3, -0.25) is 10.1 Å². The maximum atomic E-state index is 10.7. The Hall–Kier alpha value is -0.850. The molecule has 1 aromatic rings. The molecule has 0 amide bonds. The third-order valence-corrected chi connectivity index (χ3v) is 4.08. The zero-order valence-electron chi connectivity index (χ0n) is 12.2. The smallest absolute Gasteiger partial charge is 0.270 e. The maximum absolute atomic E-state index is 10.7. The van der Waals surface area contributed by atoms with E-state index in [0.717, 1.165) is 28.1 Å². The van der Waals surface area contributed by atoms with E-state index in [0.29, 0.717) is 0 Å². The van der Waals surface area contributed by atoms with E-state index in [4.69, 9.17) is 0 Å². The summed E-state index contributed by atoms with van der Waals surface area (Å²) < 4.78 is 0.900. The predicted octanol–water partition coefficient (Wildman–Crippen LogP) is 5.22. The van der Waals surface area contributed by atoms with Crippen molar-refractivity contribution in [3.63, 3.8) is 0 Å². The topological polar surface area (TPSA) is 55.2 Å². The lowest BCUT2D eigenvalue weighted by molar-refractivity contribution is -0.384. The minimum Gasteiger partial charge on any atom is -0.384 e. The van der Waals surface area contributed by atoms with Gasteiger partial charge in [-0.1, -0.05) is 39.5 Å². The summed E-state index contributed by atoms with van der Waals surface area (Å²) in [4.78, 5) is 10.3. The standard InChI is InChI=1S/C15H23IN2O2/c1-12(2)7-5-3-4-6-10-17-15-9-8-13(18(19)20)11-14(15)16/h8-9,11-12,17H,3-7,10H2,1-2H3. The second kappa shape index (κ2) is 9.15. The second-order valence-electron chi connectivity index (χ2n) is 5.44. The molecule has 0 radical (unpaired) electrons. The molecule has 0 aliphatic carbocycles. The number of unbranched alkanes of at least 4 members (excludes halogenated alkanes) is 3. The summed E-state index contributed by atoms with van der Waals surface area (Å²) in [6.45, 7) is 5.45. The molecule has 112 valence electrons. The van der Waals surface area contributed by atoms with Crippen LogP contribution in [0.3, 0.4) is 0 Å². The van der Waals surface area contributed by atoms with Gasteiger partial charge in [-0.15, -0.1) is 0 Å². The summed E-state index contributed by atoms with van der Waals surface area (Å²) >= 11 is 2.13.